The topological polar surface area (TPSA) is 86.7 Å². The summed E-state index contributed by atoms with van der Waals surface area (Å²) >= 11 is 0. The number of carboxylic acids is 1. The number of anilines is 2. The molecule has 0 aliphatic carbocycles. The number of piperidine rings is 1. The molecule has 1 atom stereocenters. The van der Waals surface area contributed by atoms with Crippen LogP contribution in [0.15, 0.2) is 41.3 Å². The maximum Gasteiger partial charge on any atom is 0.337 e. The second-order valence-electron chi connectivity index (χ2n) is 7.60. The molecule has 0 spiro atoms. The molecular weight excluding hydrogens is 376 g/mol. The summed E-state index contributed by atoms with van der Waals surface area (Å²) in [5.74, 6) is -0.616. The third-order valence-corrected chi connectivity index (χ3v) is 6.64. The average Bonchev–Trinajstić information content (AvgIpc) is 2.63. The Morgan fingerprint density at radius 2 is 1.93 bits per heavy atom. The molecular formula is C21H26N2O4S. The maximum absolute atomic E-state index is 12.9. The highest BCUT2D eigenvalue weighted by molar-refractivity contribution is 7.92. The van der Waals surface area contributed by atoms with Crippen molar-refractivity contribution in [2.24, 2.45) is 5.92 Å². The highest BCUT2D eigenvalue weighted by atomic mass is 32.2. The zero-order valence-electron chi connectivity index (χ0n) is 16.4. The minimum atomic E-state index is -3.90. The van der Waals surface area contributed by atoms with Gasteiger partial charge < -0.3 is 10.0 Å². The lowest BCUT2D eigenvalue weighted by molar-refractivity contribution is 0.0698. The molecule has 0 aromatic heterocycles. The molecule has 1 aliphatic rings. The SMILES string of the molecule is Cc1ccc(C)c(S(=O)(=O)Nc2ccc(N3CCC[C@H](C)C3)cc2C(=O)O)c1. The van der Waals surface area contributed by atoms with Crippen LogP contribution in [-0.4, -0.2) is 32.6 Å². The summed E-state index contributed by atoms with van der Waals surface area (Å²) in [6, 6.07) is 10.0. The lowest BCUT2D eigenvalue weighted by Gasteiger charge is -2.33. The van der Waals surface area contributed by atoms with E-state index in [0.29, 0.717) is 11.5 Å². The monoisotopic (exact) mass is 402 g/mol. The number of nitrogens with zero attached hydrogens (tertiary/aromatic N) is 1. The van der Waals surface area contributed by atoms with Gasteiger partial charge in [-0.05, 0) is 68.0 Å². The Labute approximate surface area is 166 Å². The zero-order valence-corrected chi connectivity index (χ0v) is 17.2. The van der Waals surface area contributed by atoms with E-state index in [-0.39, 0.29) is 16.1 Å². The molecule has 0 saturated carbocycles. The Hall–Kier alpha value is -2.54. The number of benzene rings is 2. The van der Waals surface area contributed by atoms with Crippen LogP contribution in [0.3, 0.4) is 0 Å². The van der Waals surface area contributed by atoms with E-state index in [1.807, 2.05) is 13.0 Å². The highest BCUT2D eigenvalue weighted by Gasteiger charge is 2.23. The molecule has 2 N–H and O–H groups in total. The maximum atomic E-state index is 12.9. The fraction of sp³-hybridized carbons (Fsp3) is 0.381. The summed E-state index contributed by atoms with van der Waals surface area (Å²) in [6.07, 6.45) is 2.22. The molecule has 1 saturated heterocycles. The number of carboxylic acid groups (broad SMARTS) is 1. The minimum absolute atomic E-state index is 0.0513. The third kappa shape index (κ3) is 4.30. The second kappa shape index (κ2) is 7.83. The average molecular weight is 403 g/mol. The summed E-state index contributed by atoms with van der Waals surface area (Å²) < 4.78 is 28.2. The Bertz CT molecular complexity index is 1000. The number of sulfonamides is 1. The number of aryl methyl sites for hydroxylation is 2. The van der Waals surface area contributed by atoms with Crippen LogP contribution in [0, 0.1) is 19.8 Å². The molecule has 28 heavy (non-hydrogen) atoms. The molecule has 1 fully saturated rings. The zero-order chi connectivity index (χ0) is 20.5. The molecule has 0 unspecified atom stereocenters. The van der Waals surface area contributed by atoms with Crippen LogP contribution < -0.4 is 9.62 Å². The number of hydrogen-bond donors (Lipinski definition) is 2. The van der Waals surface area contributed by atoms with Gasteiger partial charge in [0.1, 0.15) is 0 Å². The van der Waals surface area contributed by atoms with Gasteiger partial charge in [-0.3, -0.25) is 4.72 Å². The fourth-order valence-electron chi connectivity index (χ4n) is 3.62. The molecule has 7 heteroatoms. The van der Waals surface area contributed by atoms with Gasteiger partial charge in [0.15, 0.2) is 0 Å². The van der Waals surface area contributed by atoms with Crippen molar-refractivity contribution < 1.29 is 18.3 Å². The Morgan fingerprint density at radius 1 is 1.18 bits per heavy atom. The van der Waals surface area contributed by atoms with Crippen molar-refractivity contribution in [3.05, 3.63) is 53.1 Å². The van der Waals surface area contributed by atoms with Gasteiger partial charge in [-0.25, -0.2) is 13.2 Å². The lowest BCUT2D eigenvalue weighted by atomic mass is 9.99. The Morgan fingerprint density at radius 3 is 2.61 bits per heavy atom. The van der Waals surface area contributed by atoms with E-state index in [0.717, 1.165) is 37.2 Å². The molecule has 0 bridgehead atoms. The van der Waals surface area contributed by atoms with Crippen molar-refractivity contribution >= 4 is 27.4 Å². The van der Waals surface area contributed by atoms with E-state index < -0.39 is 16.0 Å². The summed E-state index contributed by atoms with van der Waals surface area (Å²) in [5, 5.41) is 9.65. The van der Waals surface area contributed by atoms with Gasteiger partial charge in [0.2, 0.25) is 0 Å². The number of hydrogen-bond acceptors (Lipinski definition) is 4. The fourth-order valence-corrected chi connectivity index (χ4v) is 5.03. The van der Waals surface area contributed by atoms with Crippen LogP contribution in [0.2, 0.25) is 0 Å². The number of rotatable bonds is 5. The van der Waals surface area contributed by atoms with E-state index in [9.17, 15) is 18.3 Å². The van der Waals surface area contributed by atoms with Gasteiger partial charge in [-0.1, -0.05) is 19.1 Å². The first kappa shape index (κ1) is 20.2. The first-order valence-electron chi connectivity index (χ1n) is 9.40. The van der Waals surface area contributed by atoms with Gasteiger partial charge in [0.05, 0.1) is 16.1 Å². The van der Waals surface area contributed by atoms with Crippen molar-refractivity contribution in [2.75, 3.05) is 22.7 Å². The highest BCUT2D eigenvalue weighted by Crippen LogP contribution is 2.29. The van der Waals surface area contributed by atoms with Gasteiger partial charge in [0, 0.05) is 18.8 Å². The molecule has 3 rings (SSSR count). The summed E-state index contributed by atoms with van der Waals surface area (Å²) in [6.45, 7) is 7.45. The van der Waals surface area contributed by atoms with Gasteiger partial charge >= 0.3 is 5.97 Å². The molecule has 0 radical (unpaired) electrons. The van der Waals surface area contributed by atoms with E-state index in [2.05, 4.69) is 16.5 Å². The van der Waals surface area contributed by atoms with Crippen LogP contribution in [0.5, 0.6) is 0 Å². The van der Waals surface area contributed by atoms with Gasteiger partial charge in [0.25, 0.3) is 10.0 Å². The van der Waals surface area contributed by atoms with E-state index in [4.69, 9.17) is 0 Å². The van der Waals surface area contributed by atoms with Gasteiger partial charge in [-0.15, -0.1) is 0 Å². The predicted molar refractivity (Wildman–Crippen MR) is 111 cm³/mol. The molecule has 150 valence electrons. The molecule has 2 aromatic rings. The minimum Gasteiger partial charge on any atom is -0.478 e. The van der Waals surface area contributed by atoms with Crippen molar-refractivity contribution in [3.8, 4) is 0 Å². The van der Waals surface area contributed by atoms with Crippen LogP contribution >= 0.6 is 0 Å². The van der Waals surface area contributed by atoms with E-state index in [1.165, 1.54) is 0 Å². The first-order valence-corrected chi connectivity index (χ1v) is 10.9. The van der Waals surface area contributed by atoms with Crippen molar-refractivity contribution in [1.29, 1.82) is 0 Å². The van der Waals surface area contributed by atoms with Crippen LogP contribution in [0.1, 0.15) is 41.3 Å². The summed E-state index contributed by atoms with van der Waals surface area (Å²) in [7, 11) is -3.90. The predicted octanol–water partition coefficient (Wildman–Crippen LogP) is 4.04. The van der Waals surface area contributed by atoms with Crippen molar-refractivity contribution in [1.82, 2.24) is 0 Å². The third-order valence-electron chi connectivity index (χ3n) is 5.13. The van der Waals surface area contributed by atoms with Crippen LogP contribution in [0.4, 0.5) is 11.4 Å². The standard InChI is InChI=1S/C21H26N2O4S/c1-14-6-7-16(3)20(11-14)28(26,27)22-19-9-8-17(12-18(19)21(24)25)23-10-4-5-15(2)13-23/h6-9,11-12,15,22H,4-5,10,13H2,1-3H3,(H,24,25)/t15-/m0/s1. The Kier molecular flexibility index (Phi) is 5.65. The van der Waals surface area contributed by atoms with E-state index in [1.54, 1.807) is 37.3 Å². The smallest absolute Gasteiger partial charge is 0.337 e. The van der Waals surface area contributed by atoms with Crippen LogP contribution in [0.25, 0.3) is 0 Å². The lowest BCUT2D eigenvalue weighted by Crippen LogP contribution is -2.34. The molecule has 1 heterocycles. The van der Waals surface area contributed by atoms with Crippen LogP contribution in [-0.2, 0) is 10.0 Å². The Balaban J connectivity index is 1.95. The quantitative estimate of drug-likeness (QED) is 0.788. The van der Waals surface area contributed by atoms with Crippen molar-refractivity contribution in [2.45, 2.75) is 38.5 Å². The first-order chi connectivity index (χ1) is 13.2. The second-order valence-corrected chi connectivity index (χ2v) is 9.25. The number of nitrogens with one attached hydrogen (secondary N) is 1. The van der Waals surface area contributed by atoms with Crippen molar-refractivity contribution in [3.63, 3.8) is 0 Å². The summed E-state index contributed by atoms with van der Waals surface area (Å²) in [4.78, 5) is 14.1. The number of carbonyl (C=O) groups is 1. The van der Waals surface area contributed by atoms with E-state index >= 15 is 0 Å². The summed E-state index contributed by atoms with van der Waals surface area (Å²) in [5.41, 5.74) is 2.25. The molecule has 0 amide bonds. The molecule has 6 nitrogen and oxygen atoms in total. The molecule has 2 aromatic carbocycles. The normalized spacial score (nSPS) is 17.4. The number of aromatic carboxylic acids is 1. The largest absolute Gasteiger partial charge is 0.478 e. The van der Waals surface area contributed by atoms with Gasteiger partial charge in [-0.2, -0.15) is 0 Å². The molecule has 1 aliphatic heterocycles.